The van der Waals surface area contributed by atoms with Crippen LogP contribution in [0.5, 0.6) is 5.75 Å². The molecule has 0 saturated carbocycles. The van der Waals surface area contributed by atoms with Gasteiger partial charge in [-0.25, -0.2) is 9.97 Å². The molecule has 0 unspecified atom stereocenters. The van der Waals surface area contributed by atoms with Gasteiger partial charge >= 0.3 is 0 Å². The summed E-state index contributed by atoms with van der Waals surface area (Å²) in [7, 11) is 1.59. The minimum Gasteiger partial charge on any atom is -0.496 e. The van der Waals surface area contributed by atoms with Gasteiger partial charge in [0, 0.05) is 35.8 Å². The molecule has 0 bridgehead atoms. The SMILES string of the molecule is C#CCSc1nnc(NC(=O)c2csc(C3CCN(C(=O)c4cc(OC)c5ccccc5n4)CC3)n2)s1. The molecule has 1 aliphatic rings. The van der Waals surface area contributed by atoms with Gasteiger partial charge in [0.25, 0.3) is 11.8 Å². The number of nitrogens with zero attached hydrogens (tertiary/aromatic N) is 5. The van der Waals surface area contributed by atoms with E-state index in [2.05, 4.69) is 31.4 Å². The summed E-state index contributed by atoms with van der Waals surface area (Å²) in [6, 6.07) is 9.31. The third kappa shape index (κ3) is 5.58. The smallest absolute Gasteiger partial charge is 0.276 e. The summed E-state index contributed by atoms with van der Waals surface area (Å²) >= 11 is 4.13. The molecule has 0 radical (unpaired) electrons. The molecule has 4 aromatic rings. The lowest BCUT2D eigenvalue weighted by atomic mass is 9.97. The number of hydrogen-bond acceptors (Lipinski definition) is 10. The van der Waals surface area contributed by atoms with Gasteiger partial charge in [-0.1, -0.05) is 41.2 Å². The maximum atomic E-state index is 13.2. The fourth-order valence-electron chi connectivity index (χ4n) is 4.08. The normalized spacial score (nSPS) is 13.9. The molecule has 37 heavy (non-hydrogen) atoms. The topological polar surface area (TPSA) is 110 Å². The van der Waals surface area contributed by atoms with Crippen LogP contribution in [0.1, 0.15) is 44.7 Å². The molecule has 1 saturated heterocycles. The number of carbonyl (C=O) groups is 2. The monoisotopic (exact) mass is 550 g/mol. The number of terminal acetylenes is 1. The highest BCUT2D eigenvalue weighted by Crippen LogP contribution is 2.32. The summed E-state index contributed by atoms with van der Waals surface area (Å²) in [6.45, 7) is 1.18. The summed E-state index contributed by atoms with van der Waals surface area (Å²) in [6.07, 6.45) is 6.79. The molecular weight excluding hydrogens is 529 g/mol. The van der Waals surface area contributed by atoms with Crippen LogP contribution in [0.25, 0.3) is 10.9 Å². The van der Waals surface area contributed by atoms with Gasteiger partial charge in [-0.3, -0.25) is 14.9 Å². The number of amides is 2. The molecule has 4 heterocycles. The Labute approximate surface area is 225 Å². The predicted molar refractivity (Wildman–Crippen MR) is 146 cm³/mol. The van der Waals surface area contributed by atoms with Crippen molar-refractivity contribution in [3.05, 3.63) is 52.1 Å². The zero-order valence-electron chi connectivity index (χ0n) is 19.8. The molecule has 1 N–H and O–H groups in total. The molecule has 1 fully saturated rings. The number of para-hydroxylation sites is 1. The van der Waals surface area contributed by atoms with Gasteiger partial charge in [0.1, 0.15) is 17.1 Å². The van der Waals surface area contributed by atoms with E-state index in [0.717, 1.165) is 28.8 Å². The van der Waals surface area contributed by atoms with Crippen molar-refractivity contribution in [3.8, 4) is 18.1 Å². The first kappa shape index (κ1) is 25.1. The molecule has 0 atom stereocenters. The molecule has 3 aromatic heterocycles. The van der Waals surface area contributed by atoms with E-state index in [1.165, 1.54) is 34.4 Å². The number of fused-ring (bicyclic) bond motifs is 1. The van der Waals surface area contributed by atoms with Gasteiger partial charge in [0.05, 0.1) is 23.4 Å². The third-order valence-corrected chi connectivity index (χ3v) is 8.79. The average Bonchev–Trinajstić information content (AvgIpc) is 3.61. The van der Waals surface area contributed by atoms with Crippen molar-refractivity contribution >= 4 is 62.3 Å². The molecule has 5 rings (SSSR count). The maximum absolute atomic E-state index is 13.2. The van der Waals surface area contributed by atoms with Gasteiger partial charge in [-0.2, -0.15) is 0 Å². The van der Waals surface area contributed by atoms with Gasteiger partial charge in [0.15, 0.2) is 4.34 Å². The molecule has 0 spiro atoms. The molecule has 1 aliphatic heterocycles. The number of methoxy groups -OCH3 is 1. The number of aromatic nitrogens is 4. The van der Waals surface area contributed by atoms with Crippen LogP contribution in [0.3, 0.4) is 0 Å². The quantitative estimate of drug-likeness (QED) is 0.203. The molecule has 188 valence electrons. The number of pyridine rings is 1. The second-order valence-corrected chi connectivity index (χ2v) is 11.3. The van der Waals surface area contributed by atoms with Gasteiger partial charge in [-0.05, 0) is 25.0 Å². The second-order valence-electron chi connectivity index (χ2n) is 8.18. The Balaban J connectivity index is 1.19. The summed E-state index contributed by atoms with van der Waals surface area (Å²) in [5, 5.41) is 14.7. The van der Waals surface area contributed by atoms with Crippen molar-refractivity contribution in [2.75, 3.05) is 31.3 Å². The second kappa shape index (κ2) is 11.2. The van der Waals surface area contributed by atoms with E-state index in [1.807, 2.05) is 29.2 Å². The van der Waals surface area contributed by atoms with E-state index in [0.29, 0.717) is 45.5 Å². The lowest BCUT2D eigenvalue weighted by Gasteiger charge is -2.31. The largest absolute Gasteiger partial charge is 0.496 e. The summed E-state index contributed by atoms with van der Waals surface area (Å²) < 4.78 is 6.19. The third-order valence-electron chi connectivity index (χ3n) is 5.91. The highest BCUT2D eigenvalue weighted by molar-refractivity contribution is 8.01. The zero-order valence-corrected chi connectivity index (χ0v) is 22.3. The van der Waals surface area contributed by atoms with Crippen molar-refractivity contribution < 1.29 is 14.3 Å². The number of hydrogen-bond donors (Lipinski definition) is 1. The van der Waals surface area contributed by atoms with Crippen LogP contribution < -0.4 is 10.1 Å². The molecular formula is C25H22N6O3S3. The molecule has 9 nitrogen and oxygen atoms in total. The Morgan fingerprint density at radius 2 is 2.03 bits per heavy atom. The summed E-state index contributed by atoms with van der Waals surface area (Å²) in [5.41, 5.74) is 1.45. The highest BCUT2D eigenvalue weighted by Gasteiger charge is 2.28. The number of likely N-dealkylation sites (tertiary alicyclic amines) is 1. The van der Waals surface area contributed by atoms with Gasteiger partial charge in [-0.15, -0.1) is 28.0 Å². The fraction of sp³-hybridized carbons (Fsp3) is 0.280. The maximum Gasteiger partial charge on any atom is 0.276 e. The van der Waals surface area contributed by atoms with Gasteiger partial charge < -0.3 is 9.64 Å². The minimum absolute atomic E-state index is 0.112. The van der Waals surface area contributed by atoms with E-state index in [4.69, 9.17) is 11.2 Å². The Kier molecular flexibility index (Phi) is 7.64. The zero-order chi connectivity index (χ0) is 25.8. The van der Waals surface area contributed by atoms with Crippen LogP contribution in [0, 0.1) is 12.3 Å². The number of ether oxygens (including phenoxy) is 1. The number of nitrogens with one attached hydrogen (secondary N) is 1. The first-order valence-electron chi connectivity index (χ1n) is 11.4. The van der Waals surface area contributed by atoms with Crippen molar-refractivity contribution in [1.29, 1.82) is 0 Å². The van der Waals surface area contributed by atoms with Crippen molar-refractivity contribution in [2.24, 2.45) is 0 Å². The Hall–Kier alpha value is -3.53. The van der Waals surface area contributed by atoms with Crippen LogP contribution in [0.15, 0.2) is 40.1 Å². The van der Waals surface area contributed by atoms with E-state index in [-0.39, 0.29) is 17.7 Å². The van der Waals surface area contributed by atoms with E-state index in [1.54, 1.807) is 18.6 Å². The van der Waals surface area contributed by atoms with Crippen molar-refractivity contribution in [3.63, 3.8) is 0 Å². The van der Waals surface area contributed by atoms with Crippen LogP contribution >= 0.6 is 34.4 Å². The Morgan fingerprint density at radius 1 is 1.22 bits per heavy atom. The van der Waals surface area contributed by atoms with E-state index >= 15 is 0 Å². The number of piperidine rings is 1. The average molecular weight is 551 g/mol. The van der Waals surface area contributed by atoms with E-state index in [9.17, 15) is 9.59 Å². The number of carbonyl (C=O) groups excluding carboxylic acids is 2. The number of benzene rings is 1. The van der Waals surface area contributed by atoms with E-state index < -0.39 is 0 Å². The predicted octanol–water partition coefficient (Wildman–Crippen LogP) is 4.55. The number of thioether (sulfide) groups is 1. The molecule has 12 heteroatoms. The standard InChI is InChI=1S/C25H22N6O3S3/c1-3-12-35-25-30-29-24(37-25)28-21(32)19-14-36-22(27-19)15-8-10-31(11-9-15)23(33)18-13-20(34-2)16-6-4-5-7-17(16)26-18/h1,4-7,13-15H,8-12H2,2H3,(H,28,29,32). The first-order valence-corrected chi connectivity index (χ1v) is 14.1. The first-order chi connectivity index (χ1) is 18.1. The lowest BCUT2D eigenvalue weighted by molar-refractivity contribution is 0.0707. The Bertz CT molecular complexity index is 1490. The molecule has 2 amide bonds. The van der Waals surface area contributed by atoms with Crippen LogP contribution in [0.2, 0.25) is 0 Å². The highest BCUT2D eigenvalue weighted by atomic mass is 32.2. The summed E-state index contributed by atoms with van der Waals surface area (Å²) in [4.78, 5) is 36.8. The molecule has 1 aromatic carbocycles. The van der Waals surface area contributed by atoms with Crippen molar-refractivity contribution in [2.45, 2.75) is 23.1 Å². The number of anilines is 1. The lowest BCUT2D eigenvalue weighted by Crippen LogP contribution is -2.38. The van der Waals surface area contributed by atoms with Crippen LogP contribution in [-0.2, 0) is 0 Å². The summed E-state index contributed by atoms with van der Waals surface area (Å²) in [5.74, 6) is 3.41. The van der Waals surface area contributed by atoms with Crippen molar-refractivity contribution in [1.82, 2.24) is 25.1 Å². The number of thiazole rings is 1. The Morgan fingerprint density at radius 3 is 2.81 bits per heavy atom. The van der Waals surface area contributed by atoms with Crippen LogP contribution in [-0.4, -0.2) is 62.8 Å². The fourth-order valence-corrected chi connectivity index (χ4v) is 6.47. The molecule has 0 aliphatic carbocycles. The minimum atomic E-state index is -0.323. The van der Waals surface area contributed by atoms with Gasteiger partial charge in [0.2, 0.25) is 5.13 Å². The van der Waals surface area contributed by atoms with Crippen LogP contribution in [0.4, 0.5) is 5.13 Å². The number of rotatable bonds is 7.